The van der Waals surface area contributed by atoms with Crippen molar-refractivity contribution in [2.75, 3.05) is 31.1 Å². The van der Waals surface area contributed by atoms with Crippen LogP contribution in [0.25, 0.3) is 10.8 Å². The van der Waals surface area contributed by atoms with Crippen LogP contribution in [0.3, 0.4) is 0 Å². The lowest BCUT2D eigenvalue weighted by molar-refractivity contribution is -0.124. The lowest BCUT2D eigenvalue weighted by atomic mass is 10.1. The topological polar surface area (TPSA) is 52.7 Å². The smallest absolute Gasteiger partial charge is 0.241 e. The van der Waals surface area contributed by atoms with Crippen LogP contribution >= 0.6 is 0 Å². The number of carbonyl (C=O) groups excluding carboxylic acids is 2. The molecule has 0 unspecified atom stereocenters. The van der Waals surface area contributed by atoms with Crippen molar-refractivity contribution in [3.63, 3.8) is 0 Å². The molecule has 0 aromatic heterocycles. The van der Waals surface area contributed by atoms with Crippen LogP contribution in [0.15, 0.2) is 42.5 Å². The fraction of sp³-hybridized carbons (Fsp3) is 0.429. The standard InChI is InChI=1S/C21H29N3O2/c1-5-23(14-20(25)22-16(3)4)15-21(26)24(6-2)19-13-9-11-17-10-7-8-12-18(17)19/h7-13,16H,5-6,14-15H2,1-4H3,(H,22,25). The first-order chi connectivity index (χ1) is 12.5. The van der Waals surface area contributed by atoms with Crippen molar-refractivity contribution in [2.24, 2.45) is 0 Å². The number of nitrogens with zero attached hydrogens (tertiary/aromatic N) is 2. The monoisotopic (exact) mass is 355 g/mol. The fourth-order valence-electron chi connectivity index (χ4n) is 3.05. The van der Waals surface area contributed by atoms with Crippen LogP contribution in [0, 0.1) is 0 Å². The van der Waals surface area contributed by atoms with Crippen LogP contribution < -0.4 is 10.2 Å². The maximum atomic E-state index is 12.9. The minimum Gasteiger partial charge on any atom is -0.353 e. The Bertz CT molecular complexity index is 753. The number of anilines is 1. The number of fused-ring (bicyclic) bond motifs is 1. The first kappa shape index (κ1) is 19.9. The van der Waals surface area contributed by atoms with E-state index in [0.717, 1.165) is 16.5 Å². The van der Waals surface area contributed by atoms with Gasteiger partial charge in [0.05, 0.1) is 18.8 Å². The van der Waals surface area contributed by atoms with Crippen molar-refractivity contribution in [2.45, 2.75) is 33.7 Å². The zero-order valence-corrected chi connectivity index (χ0v) is 16.2. The predicted molar refractivity (Wildman–Crippen MR) is 107 cm³/mol. The average molecular weight is 355 g/mol. The second-order valence-corrected chi connectivity index (χ2v) is 6.66. The highest BCUT2D eigenvalue weighted by molar-refractivity contribution is 6.04. The fourth-order valence-corrected chi connectivity index (χ4v) is 3.05. The van der Waals surface area contributed by atoms with Gasteiger partial charge < -0.3 is 10.2 Å². The van der Waals surface area contributed by atoms with Crippen LogP contribution in [0.2, 0.25) is 0 Å². The number of likely N-dealkylation sites (N-methyl/N-ethyl adjacent to an activating group) is 2. The SMILES string of the molecule is CCN(CC(=O)NC(C)C)CC(=O)N(CC)c1cccc2ccccc12. The van der Waals surface area contributed by atoms with E-state index in [4.69, 9.17) is 0 Å². The summed E-state index contributed by atoms with van der Waals surface area (Å²) >= 11 is 0. The number of rotatable bonds is 8. The van der Waals surface area contributed by atoms with Crippen molar-refractivity contribution in [1.82, 2.24) is 10.2 Å². The van der Waals surface area contributed by atoms with Gasteiger partial charge in [0.2, 0.25) is 11.8 Å². The molecular formula is C21H29N3O2. The summed E-state index contributed by atoms with van der Waals surface area (Å²) in [5, 5.41) is 5.05. The quantitative estimate of drug-likeness (QED) is 0.792. The molecule has 2 rings (SSSR count). The van der Waals surface area contributed by atoms with E-state index in [-0.39, 0.29) is 30.9 Å². The second-order valence-electron chi connectivity index (χ2n) is 6.66. The Morgan fingerprint density at radius 3 is 2.31 bits per heavy atom. The highest BCUT2D eigenvalue weighted by Gasteiger charge is 2.20. The molecule has 0 aliphatic rings. The van der Waals surface area contributed by atoms with E-state index in [0.29, 0.717) is 13.1 Å². The van der Waals surface area contributed by atoms with Gasteiger partial charge in [-0.1, -0.05) is 43.3 Å². The molecule has 140 valence electrons. The Kier molecular flexibility index (Phi) is 7.16. The molecule has 1 N–H and O–H groups in total. The van der Waals surface area contributed by atoms with E-state index in [9.17, 15) is 9.59 Å². The average Bonchev–Trinajstić information content (AvgIpc) is 2.61. The summed E-state index contributed by atoms with van der Waals surface area (Å²) in [5.41, 5.74) is 0.915. The lowest BCUT2D eigenvalue weighted by Gasteiger charge is -2.27. The second kappa shape index (κ2) is 9.34. The van der Waals surface area contributed by atoms with Gasteiger partial charge >= 0.3 is 0 Å². The molecule has 0 saturated carbocycles. The normalized spacial score (nSPS) is 11.2. The number of nitrogens with one attached hydrogen (secondary N) is 1. The molecule has 0 saturated heterocycles. The van der Waals surface area contributed by atoms with E-state index in [1.54, 1.807) is 4.90 Å². The van der Waals surface area contributed by atoms with Crippen molar-refractivity contribution in [3.8, 4) is 0 Å². The third kappa shape index (κ3) is 5.05. The van der Waals surface area contributed by atoms with Gasteiger partial charge in [-0.3, -0.25) is 14.5 Å². The molecule has 0 bridgehead atoms. The molecule has 2 amide bonds. The zero-order chi connectivity index (χ0) is 19.1. The Hall–Kier alpha value is -2.40. The zero-order valence-electron chi connectivity index (χ0n) is 16.2. The van der Waals surface area contributed by atoms with Gasteiger partial charge in [0.1, 0.15) is 0 Å². The largest absolute Gasteiger partial charge is 0.353 e. The summed E-state index contributed by atoms with van der Waals surface area (Å²) < 4.78 is 0. The Labute approximate surface area is 156 Å². The van der Waals surface area contributed by atoms with E-state index in [2.05, 4.69) is 5.32 Å². The highest BCUT2D eigenvalue weighted by Crippen LogP contribution is 2.26. The molecule has 5 nitrogen and oxygen atoms in total. The van der Waals surface area contributed by atoms with E-state index >= 15 is 0 Å². The molecular weight excluding hydrogens is 326 g/mol. The highest BCUT2D eigenvalue weighted by atomic mass is 16.2. The molecule has 2 aromatic rings. The number of carbonyl (C=O) groups is 2. The van der Waals surface area contributed by atoms with Gasteiger partial charge in [0.25, 0.3) is 0 Å². The van der Waals surface area contributed by atoms with Crippen LogP contribution in [0.4, 0.5) is 5.69 Å². The molecule has 2 aromatic carbocycles. The number of amides is 2. The molecule has 0 heterocycles. The molecule has 0 fully saturated rings. The van der Waals surface area contributed by atoms with Crippen LogP contribution in [0.1, 0.15) is 27.7 Å². The van der Waals surface area contributed by atoms with Crippen molar-refractivity contribution >= 4 is 28.3 Å². The van der Waals surface area contributed by atoms with Crippen LogP contribution in [-0.4, -0.2) is 48.9 Å². The third-order valence-electron chi connectivity index (χ3n) is 4.30. The summed E-state index contributed by atoms with van der Waals surface area (Å²) in [6.45, 7) is 9.47. The van der Waals surface area contributed by atoms with Crippen LogP contribution in [0.5, 0.6) is 0 Å². The van der Waals surface area contributed by atoms with E-state index < -0.39 is 0 Å². The van der Waals surface area contributed by atoms with Gasteiger partial charge in [-0.15, -0.1) is 0 Å². The first-order valence-corrected chi connectivity index (χ1v) is 9.26. The van der Waals surface area contributed by atoms with Crippen molar-refractivity contribution in [3.05, 3.63) is 42.5 Å². The molecule has 0 aliphatic heterocycles. The summed E-state index contributed by atoms with van der Waals surface area (Å²) in [6, 6.07) is 14.2. The molecule has 0 aliphatic carbocycles. The van der Waals surface area contributed by atoms with E-state index in [1.807, 2.05) is 75.1 Å². The van der Waals surface area contributed by atoms with Gasteiger partial charge in [0.15, 0.2) is 0 Å². The van der Waals surface area contributed by atoms with Gasteiger partial charge in [-0.25, -0.2) is 0 Å². The van der Waals surface area contributed by atoms with Gasteiger partial charge in [-0.05, 0) is 38.8 Å². The summed E-state index contributed by atoms with van der Waals surface area (Å²) in [5.74, 6) is -0.0501. The van der Waals surface area contributed by atoms with Crippen molar-refractivity contribution in [1.29, 1.82) is 0 Å². The molecule has 5 heteroatoms. The van der Waals surface area contributed by atoms with Gasteiger partial charge in [0, 0.05) is 18.0 Å². The lowest BCUT2D eigenvalue weighted by Crippen LogP contribution is -2.45. The molecule has 0 spiro atoms. The maximum Gasteiger partial charge on any atom is 0.241 e. The Morgan fingerprint density at radius 2 is 1.65 bits per heavy atom. The minimum absolute atomic E-state index is 0.00282. The Balaban J connectivity index is 2.15. The third-order valence-corrected chi connectivity index (χ3v) is 4.30. The number of hydrogen-bond donors (Lipinski definition) is 1. The van der Waals surface area contributed by atoms with Crippen molar-refractivity contribution < 1.29 is 9.59 Å². The molecule has 0 radical (unpaired) electrons. The summed E-state index contributed by atoms with van der Waals surface area (Å²) in [7, 11) is 0. The predicted octanol–water partition coefficient (Wildman–Crippen LogP) is 3.04. The number of hydrogen-bond acceptors (Lipinski definition) is 3. The minimum atomic E-state index is -0.0529. The van der Waals surface area contributed by atoms with Gasteiger partial charge in [-0.2, -0.15) is 0 Å². The van der Waals surface area contributed by atoms with Crippen LogP contribution in [-0.2, 0) is 9.59 Å². The first-order valence-electron chi connectivity index (χ1n) is 9.26. The summed E-state index contributed by atoms with van der Waals surface area (Å²) in [6.07, 6.45) is 0. The number of benzene rings is 2. The molecule has 26 heavy (non-hydrogen) atoms. The summed E-state index contributed by atoms with van der Waals surface area (Å²) in [4.78, 5) is 28.6. The molecule has 0 atom stereocenters. The maximum absolute atomic E-state index is 12.9. The van der Waals surface area contributed by atoms with E-state index in [1.165, 1.54) is 0 Å². The Morgan fingerprint density at radius 1 is 0.962 bits per heavy atom.